The zero-order valence-electron chi connectivity index (χ0n) is 15.9. The summed E-state index contributed by atoms with van der Waals surface area (Å²) in [5, 5.41) is 2.76. The van der Waals surface area contributed by atoms with Crippen LogP contribution in [-0.2, 0) is 19.1 Å². The minimum absolute atomic E-state index is 0.00459. The second kappa shape index (κ2) is 7.37. The molecule has 0 bridgehead atoms. The standard InChI is InChI=1S/C21H24N2O5/c1-12-16-8-13(6-7-17(16)22-20(12)26)18(24)11-28-21(27)14-9-19(25)23(10-14)15-4-2-3-5-15/h6-8,12,14-15H,2-5,9-11H2,1H3,(H,22,26)/t12-,14+/m0/s1. The number of carbonyl (C=O) groups excluding carboxylic acids is 4. The lowest BCUT2D eigenvalue weighted by Crippen LogP contribution is -2.35. The normalized spacial score (nSPS) is 24.4. The molecule has 0 radical (unpaired) electrons. The van der Waals surface area contributed by atoms with Crippen LogP contribution in [-0.4, -0.2) is 47.7 Å². The van der Waals surface area contributed by atoms with Gasteiger partial charge in [0.25, 0.3) is 0 Å². The second-order valence-corrected chi connectivity index (χ2v) is 7.93. The summed E-state index contributed by atoms with van der Waals surface area (Å²) in [7, 11) is 0. The Balaban J connectivity index is 1.33. The monoisotopic (exact) mass is 384 g/mol. The van der Waals surface area contributed by atoms with Crippen molar-refractivity contribution < 1.29 is 23.9 Å². The number of hydrogen-bond donors (Lipinski definition) is 1. The smallest absolute Gasteiger partial charge is 0.311 e. The highest BCUT2D eigenvalue weighted by atomic mass is 16.5. The van der Waals surface area contributed by atoms with Gasteiger partial charge in [-0.05, 0) is 43.5 Å². The first-order chi connectivity index (χ1) is 13.4. The number of nitrogens with one attached hydrogen (secondary N) is 1. The molecule has 2 atom stereocenters. The summed E-state index contributed by atoms with van der Waals surface area (Å²) in [5.41, 5.74) is 1.89. The molecule has 2 fully saturated rings. The van der Waals surface area contributed by atoms with Gasteiger partial charge in [-0.1, -0.05) is 12.8 Å². The topological polar surface area (TPSA) is 92.8 Å². The van der Waals surface area contributed by atoms with Crippen molar-refractivity contribution in [2.24, 2.45) is 5.92 Å². The van der Waals surface area contributed by atoms with Gasteiger partial charge >= 0.3 is 5.97 Å². The van der Waals surface area contributed by atoms with Crippen molar-refractivity contribution in [3.8, 4) is 0 Å². The van der Waals surface area contributed by atoms with Gasteiger partial charge in [0.15, 0.2) is 12.4 Å². The molecule has 1 aromatic carbocycles. The Bertz CT molecular complexity index is 843. The average molecular weight is 384 g/mol. The summed E-state index contributed by atoms with van der Waals surface area (Å²) in [6.07, 6.45) is 4.41. The maximum Gasteiger partial charge on any atom is 0.311 e. The fraction of sp³-hybridized carbons (Fsp3) is 0.524. The summed E-state index contributed by atoms with van der Waals surface area (Å²) in [5.74, 6) is -1.71. The molecule has 7 nitrogen and oxygen atoms in total. The van der Waals surface area contributed by atoms with Gasteiger partial charge in [-0.3, -0.25) is 19.2 Å². The number of amides is 2. The first kappa shape index (κ1) is 18.7. The average Bonchev–Trinajstić information content (AvgIpc) is 3.40. The van der Waals surface area contributed by atoms with Gasteiger partial charge in [0.1, 0.15) is 0 Å². The number of nitrogens with zero attached hydrogens (tertiary/aromatic N) is 1. The van der Waals surface area contributed by atoms with E-state index in [0.717, 1.165) is 31.2 Å². The van der Waals surface area contributed by atoms with E-state index < -0.39 is 11.9 Å². The maximum atomic E-state index is 12.4. The summed E-state index contributed by atoms with van der Waals surface area (Å²) < 4.78 is 5.22. The van der Waals surface area contributed by atoms with E-state index in [1.54, 1.807) is 25.1 Å². The van der Waals surface area contributed by atoms with Crippen LogP contribution in [0.3, 0.4) is 0 Å². The van der Waals surface area contributed by atoms with Crippen molar-refractivity contribution in [1.29, 1.82) is 0 Å². The van der Waals surface area contributed by atoms with Crippen LogP contribution in [0.2, 0.25) is 0 Å². The number of Topliss-reactive ketones (excluding diaryl/α,β-unsaturated/α-hetero) is 1. The first-order valence-corrected chi connectivity index (χ1v) is 9.88. The number of hydrogen-bond acceptors (Lipinski definition) is 5. The largest absolute Gasteiger partial charge is 0.457 e. The van der Waals surface area contributed by atoms with Crippen molar-refractivity contribution in [3.63, 3.8) is 0 Å². The third-order valence-electron chi connectivity index (χ3n) is 6.09. The minimum Gasteiger partial charge on any atom is -0.457 e. The van der Waals surface area contributed by atoms with Crippen molar-refractivity contribution >= 4 is 29.3 Å². The second-order valence-electron chi connectivity index (χ2n) is 7.93. The van der Waals surface area contributed by atoms with E-state index in [9.17, 15) is 19.2 Å². The number of carbonyl (C=O) groups is 4. The Morgan fingerprint density at radius 2 is 1.96 bits per heavy atom. The van der Waals surface area contributed by atoms with E-state index in [0.29, 0.717) is 17.8 Å². The number of ether oxygens (including phenoxy) is 1. The van der Waals surface area contributed by atoms with E-state index in [1.165, 1.54) is 0 Å². The van der Waals surface area contributed by atoms with Crippen LogP contribution in [0.5, 0.6) is 0 Å². The number of ketones is 1. The van der Waals surface area contributed by atoms with Crippen molar-refractivity contribution in [2.75, 3.05) is 18.5 Å². The predicted molar refractivity (Wildman–Crippen MR) is 101 cm³/mol. The molecule has 0 aromatic heterocycles. The minimum atomic E-state index is -0.497. The zero-order chi connectivity index (χ0) is 19.8. The molecule has 3 aliphatic rings. The molecule has 148 valence electrons. The molecule has 2 heterocycles. The Morgan fingerprint density at radius 1 is 1.21 bits per heavy atom. The molecule has 0 spiro atoms. The molecule has 2 amide bonds. The van der Waals surface area contributed by atoms with Gasteiger partial charge in [0, 0.05) is 30.3 Å². The zero-order valence-corrected chi connectivity index (χ0v) is 15.9. The third-order valence-corrected chi connectivity index (χ3v) is 6.09. The van der Waals surface area contributed by atoms with Gasteiger partial charge in [0.05, 0.1) is 11.8 Å². The summed E-state index contributed by atoms with van der Waals surface area (Å²) >= 11 is 0. The number of rotatable bonds is 5. The molecule has 28 heavy (non-hydrogen) atoms. The molecule has 1 aromatic rings. The van der Waals surface area contributed by atoms with Gasteiger partial charge < -0.3 is 15.0 Å². The molecule has 1 saturated carbocycles. The SMILES string of the molecule is C[C@@H]1C(=O)Nc2ccc(C(=O)COC(=O)[C@@H]3CC(=O)N(C4CCCC4)C3)cc21. The highest BCUT2D eigenvalue weighted by Crippen LogP contribution is 2.33. The number of anilines is 1. The molecule has 1 saturated heterocycles. The third kappa shape index (κ3) is 3.41. The highest BCUT2D eigenvalue weighted by molar-refractivity contribution is 6.05. The molecule has 7 heteroatoms. The Kier molecular flexibility index (Phi) is 4.91. The van der Waals surface area contributed by atoms with Crippen molar-refractivity contribution in [3.05, 3.63) is 29.3 Å². The quantitative estimate of drug-likeness (QED) is 0.621. The fourth-order valence-electron chi connectivity index (χ4n) is 4.39. The van der Waals surface area contributed by atoms with Crippen LogP contribution in [0.4, 0.5) is 5.69 Å². The Hall–Kier alpha value is -2.70. The van der Waals surface area contributed by atoms with E-state index >= 15 is 0 Å². The van der Waals surface area contributed by atoms with Gasteiger partial charge in [0.2, 0.25) is 11.8 Å². The molecule has 1 N–H and O–H groups in total. The summed E-state index contributed by atoms with van der Waals surface area (Å²) in [6, 6.07) is 5.24. The predicted octanol–water partition coefficient (Wildman–Crippen LogP) is 2.26. The van der Waals surface area contributed by atoms with Crippen LogP contribution in [0.15, 0.2) is 18.2 Å². The molecule has 2 aliphatic heterocycles. The Morgan fingerprint density at radius 3 is 2.71 bits per heavy atom. The fourth-order valence-corrected chi connectivity index (χ4v) is 4.39. The first-order valence-electron chi connectivity index (χ1n) is 9.88. The van der Waals surface area contributed by atoms with E-state index in [-0.39, 0.29) is 42.6 Å². The molecule has 4 rings (SSSR count). The molecular formula is C21H24N2O5. The maximum absolute atomic E-state index is 12.4. The molecule has 0 unspecified atom stereocenters. The van der Waals surface area contributed by atoms with Crippen LogP contribution >= 0.6 is 0 Å². The van der Waals surface area contributed by atoms with E-state index in [4.69, 9.17) is 4.74 Å². The van der Waals surface area contributed by atoms with Gasteiger partial charge in [-0.2, -0.15) is 0 Å². The summed E-state index contributed by atoms with van der Waals surface area (Å²) in [4.78, 5) is 50.5. The molecule has 1 aliphatic carbocycles. The van der Waals surface area contributed by atoms with Crippen molar-refractivity contribution in [2.45, 2.75) is 51.0 Å². The number of esters is 1. The van der Waals surface area contributed by atoms with Gasteiger partial charge in [-0.15, -0.1) is 0 Å². The molecular weight excluding hydrogens is 360 g/mol. The lowest BCUT2D eigenvalue weighted by molar-refractivity contribution is -0.147. The van der Waals surface area contributed by atoms with E-state index in [1.807, 2.05) is 4.90 Å². The van der Waals surface area contributed by atoms with Crippen molar-refractivity contribution in [1.82, 2.24) is 4.90 Å². The van der Waals surface area contributed by atoms with Crippen LogP contribution in [0.25, 0.3) is 0 Å². The summed E-state index contributed by atoms with van der Waals surface area (Å²) in [6.45, 7) is 1.81. The lowest BCUT2D eigenvalue weighted by atomic mass is 9.99. The van der Waals surface area contributed by atoms with Gasteiger partial charge in [-0.25, -0.2) is 0 Å². The Labute approximate surface area is 163 Å². The number of benzene rings is 1. The highest BCUT2D eigenvalue weighted by Gasteiger charge is 2.39. The van der Waals surface area contributed by atoms with Crippen LogP contribution < -0.4 is 5.32 Å². The van der Waals surface area contributed by atoms with Crippen LogP contribution in [0.1, 0.15) is 60.9 Å². The lowest BCUT2D eigenvalue weighted by Gasteiger charge is -2.23. The number of fused-ring (bicyclic) bond motifs is 1. The number of likely N-dealkylation sites (tertiary alicyclic amines) is 1. The van der Waals surface area contributed by atoms with E-state index in [2.05, 4.69) is 5.32 Å². The van der Waals surface area contributed by atoms with Crippen LogP contribution in [0, 0.1) is 5.92 Å².